The van der Waals surface area contributed by atoms with E-state index in [2.05, 4.69) is 0 Å². The van der Waals surface area contributed by atoms with E-state index >= 15 is 0 Å². The molecule has 0 unspecified atom stereocenters. The number of benzene rings is 2. The topological polar surface area (TPSA) is 71.1 Å². The number of methoxy groups -OCH3 is 3. The van der Waals surface area contributed by atoms with E-state index < -0.39 is 18.4 Å². The van der Waals surface area contributed by atoms with Gasteiger partial charge in [-0.1, -0.05) is 29.8 Å². The Hall–Kier alpha value is -2.99. The molecular weight excluding hydrogens is 372 g/mol. The minimum Gasteiger partial charge on any atom is -0.493 e. The number of hydrogen-bond donors (Lipinski definition) is 0. The molecule has 0 aliphatic heterocycles. The fraction of sp³-hybridized carbons (Fsp3) is 0.200. The molecule has 27 heavy (non-hydrogen) atoms. The molecule has 0 aliphatic rings. The summed E-state index contributed by atoms with van der Waals surface area (Å²) in [5.41, 5.74) is 0.944. The zero-order valence-electron chi connectivity index (χ0n) is 15.2. The van der Waals surface area contributed by atoms with E-state index in [4.69, 9.17) is 30.5 Å². The Bertz CT molecular complexity index is 834. The molecule has 2 rings (SSSR count). The second-order valence-electron chi connectivity index (χ2n) is 5.30. The van der Waals surface area contributed by atoms with Crippen molar-refractivity contribution in [2.24, 2.45) is 0 Å². The molecule has 0 spiro atoms. The summed E-state index contributed by atoms with van der Waals surface area (Å²) in [5.74, 6) is -0.0176. The van der Waals surface area contributed by atoms with Crippen molar-refractivity contribution in [3.05, 3.63) is 58.6 Å². The number of Topliss-reactive ketones (excluding diaryl/α,β-unsaturated/α-hetero) is 1. The summed E-state index contributed by atoms with van der Waals surface area (Å²) in [5, 5.41) is 0.509. The third-order valence-electron chi connectivity index (χ3n) is 3.64. The van der Waals surface area contributed by atoms with Gasteiger partial charge in [0.25, 0.3) is 0 Å². The van der Waals surface area contributed by atoms with Crippen molar-refractivity contribution in [3.8, 4) is 17.2 Å². The number of halogens is 1. The number of carbonyl (C=O) groups excluding carboxylic acids is 2. The zero-order chi connectivity index (χ0) is 19.8. The van der Waals surface area contributed by atoms with Gasteiger partial charge in [0.15, 0.2) is 18.1 Å². The molecule has 0 bridgehead atoms. The lowest BCUT2D eigenvalue weighted by molar-refractivity contribution is -0.136. The van der Waals surface area contributed by atoms with E-state index in [9.17, 15) is 9.59 Å². The number of ether oxygens (including phenoxy) is 4. The van der Waals surface area contributed by atoms with E-state index in [1.54, 1.807) is 24.3 Å². The molecule has 0 saturated heterocycles. The van der Waals surface area contributed by atoms with Gasteiger partial charge in [-0.05, 0) is 29.8 Å². The number of hydrogen-bond acceptors (Lipinski definition) is 6. The van der Waals surface area contributed by atoms with Gasteiger partial charge in [0.2, 0.25) is 11.5 Å². The van der Waals surface area contributed by atoms with E-state index in [1.807, 2.05) is 0 Å². The molecular formula is C20H19ClO6. The Kier molecular flexibility index (Phi) is 7.25. The van der Waals surface area contributed by atoms with Crippen molar-refractivity contribution in [3.63, 3.8) is 0 Å². The van der Waals surface area contributed by atoms with Crippen LogP contribution in [0.15, 0.2) is 42.5 Å². The van der Waals surface area contributed by atoms with Crippen molar-refractivity contribution >= 4 is 29.4 Å². The predicted octanol–water partition coefficient (Wildman–Crippen LogP) is 3.81. The monoisotopic (exact) mass is 390 g/mol. The highest BCUT2D eigenvalue weighted by Crippen LogP contribution is 2.38. The summed E-state index contributed by atoms with van der Waals surface area (Å²) >= 11 is 6.01. The first kappa shape index (κ1) is 20.3. The van der Waals surface area contributed by atoms with E-state index in [0.717, 1.165) is 0 Å². The molecule has 0 heterocycles. The molecule has 6 nitrogen and oxygen atoms in total. The average Bonchev–Trinajstić information content (AvgIpc) is 2.70. The molecule has 2 aromatic carbocycles. The molecule has 0 atom stereocenters. The predicted molar refractivity (Wildman–Crippen MR) is 102 cm³/mol. The zero-order valence-corrected chi connectivity index (χ0v) is 15.9. The maximum atomic E-state index is 12.3. The van der Waals surface area contributed by atoms with Crippen LogP contribution in [0.4, 0.5) is 0 Å². The Labute approximate surface area is 162 Å². The van der Waals surface area contributed by atoms with Crippen LogP contribution in [0.2, 0.25) is 5.02 Å². The van der Waals surface area contributed by atoms with Crippen LogP contribution in [-0.2, 0) is 9.53 Å². The highest BCUT2D eigenvalue weighted by Gasteiger charge is 2.17. The van der Waals surface area contributed by atoms with Crippen LogP contribution in [0.3, 0.4) is 0 Å². The number of ketones is 1. The summed E-state index contributed by atoms with van der Waals surface area (Å²) < 4.78 is 20.6. The van der Waals surface area contributed by atoms with Crippen LogP contribution < -0.4 is 14.2 Å². The van der Waals surface area contributed by atoms with Gasteiger partial charge >= 0.3 is 5.97 Å². The maximum absolute atomic E-state index is 12.3. The fourth-order valence-electron chi connectivity index (χ4n) is 2.28. The van der Waals surface area contributed by atoms with E-state index in [1.165, 1.54) is 45.6 Å². The van der Waals surface area contributed by atoms with Crippen LogP contribution >= 0.6 is 11.6 Å². The smallest absolute Gasteiger partial charge is 0.331 e. The van der Waals surface area contributed by atoms with Gasteiger partial charge in [-0.2, -0.15) is 0 Å². The largest absolute Gasteiger partial charge is 0.493 e. The molecule has 142 valence electrons. The van der Waals surface area contributed by atoms with Gasteiger partial charge in [0.1, 0.15) is 0 Å². The van der Waals surface area contributed by atoms with Crippen LogP contribution in [0.25, 0.3) is 6.08 Å². The third kappa shape index (κ3) is 5.24. The Morgan fingerprint density at radius 3 is 2.19 bits per heavy atom. The summed E-state index contributed by atoms with van der Waals surface area (Å²) in [6.07, 6.45) is 2.73. The Morgan fingerprint density at radius 2 is 1.63 bits per heavy atom. The average molecular weight is 391 g/mol. The maximum Gasteiger partial charge on any atom is 0.331 e. The quantitative estimate of drug-likeness (QED) is 0.388. The number of esters is 1. The molecule has 7 heteroatoms. The molecule has 0 fully saturated rings. The van der Waals surface area contributed by atoms with Crippen molar-refractivity contribution in [1.29, 1.82) is 0 Å². The van der Waals surface area contributed by atoms with E-state index in [0.29, 0.717) is 27.8 Å². The summed E-state index contributed by atoms with van der Waals surface area (Å²) in [7, 11) is 4.37. The molecule has 0 aliphatic carbocycles. The Balaban J connectivity index is 2.05. The molecule has 0 aromatic heterocycles. The summed E-state index contributed by atoms with van der Waals surface area (Å²) in [6.45, 7) is -0.426. The number of rotatable bonds is 8. The Morgan fingerprint density at radius 1 is 1.00 bits per heavy atom. The van der Waals surface area contributed by atoms with Crippen molar-refractivity contribution in [1.82, 2.24) is 0 Å². The molecule has 0 radical (unpaired) electrons. The second kappa shape index (κ2) is 9.64. The van der Waals surface area contributed by atoms with Gasteiger partial charge in [-0.25, -0.2) is 4.79 Å². The standard InChI is InChI=1S/C20H19ClO6/c1-24-17-10-14(11-18(25-2)20(17)26-3)16(22)12-27-19(23)9-8-13-6-4-5-7-15(13)21/h4-11H,12H2,1-3H3/b9-8+. The van der Waals surface area contributed by atoms with Crippen molar-refractivity contribution in [2.45, 2.75) is 0 Å². The van der Waals surface area contributed by atoms with Crippen LogP contribution in [-0.4, -0.2) is 39.7 Å². The van der Waals surface area contributed by atoms with Crippen LogP contribution in [0.5, 0.6) is 17.2 Å². The highest BCUT2D eigenvalue weighted by atomic mass is 35.5. The minimum atomic E-state index is -0.657. The van der Waals surface area contributed by atoms with Gasteiger partial charge < -0.3 is 18.9 Å². The lowest BCUT2D eigenvalue weighted by Gasteiger charge is -2.13. The van der Waals surface area contributed by atoms with Crippen LogP contribution in [0, 0.1) is 0 Å². The normalized spacial score (nSPS) is 10.5. The SMILES string of the molecule is COc1cc(C(=O)COC(=O)/C=C/c2ccccc2Cl)cc(OC)c1OC. The molecule has 0 saturated carbocycles. The first-order chi connectivity index (χ1) is 13.0. The molecule has 0 N–H and O–H groups in total. The minimum absolute atomic E-state index is 0.271. The number of carbonyl (C=O) groups is 2. The lowest BCUT2D eigenvalue weighted by Crippen LogP contribution is -2.13. The summed E-state index contributed by atoms with van der Waals surface area (Å²) in [6, 6.07) is 10.0. The second-order valence-corrected chi connectivity index (χ2v) is 5.71. The van der Waals surface area contributed by atoms with E-state index in [-0.39, 0.29) is 5.56 Å². The fourth-order valence-corrected chi connectivity index (χ4v) is 2.48. The van der Waals surface area contributed by atoms with Gasteiger partial charge in [-0.15, -0.1) is 0 Å². The third-order valence-corrected chi connectivity index (χ3v) is 3.98. The molecule has 2 aromatic rings. The van der Waals surface area contributed by atoms with Crippen molar-refractivity contribution < 1.29 is 28.5 Å². The first-order valence-electron chi connectivity index (χ1n) is 7.92. The van der Waals surface area contributed by atoms with Gasteiger partial charge in [0, 0.05) is 16.7 Å². The molecule has 0 amide bonds. The van der Waals surface area contributed by atoms with Crippen molar-refractivity contribution in [2.75, 3.05) is 27.9 Å². The van der Waals surface area contributed by atoms with Gasteiger partial charge in [-0.3, -0.25) is 4.79 Å². The lowest BCUT2D eigenvalue weighted by atomic mass is 10.1. The highest BCUT2D eigenvalue weighted by molar-refractivity contribution is 6.32. The first-order valence-corrected chi connectivity index (χ1v) is 8.30. The summed E-state index contributed by atoms with van der Waals surface area (Å²) in [4.78, 5) is 24.2. The van der Waals surface area contributed by atoms with Gasteiger partial charge in [0.05, 0.1) is 21.3 Å². The van der Waals surface area contributed by atoms with Crippen LogP contribution in [0.1, 0.15) is 15.9 Å².